The number of nitrogens with zero attached hydrogens (tertiary/aromatic N) is 1. The molecule has 0 aliphatic carbocycles. The van der Waals surface area contributed by atoms with E-state index in [4.69, 9.17) is 0 Å². The van der Waals surface area contributed by atoms with Gasteiger partial charge in [-0.15, -0.1) is 24.0 Å². The Balaban J connectivity index is 0.00000420. The summed E-state index contributed by atoms with van der Waals surface area (Å²) >= 11 is 0. The third-order valence-electron chi connectivity index (χ3n) is 3.93. The van der Waals surface area contributed by atoms with E-state index < -0.39 is 15.8 Å². The molecule has 0 saturated carbocycles. The number of hydrogen-bond donors (Lipinski definition) is 3. The Morgan fingerprint density at radius 2 is 1.79 bits per heavy atom. The van der Waals surface area contributed by atoms with Gasteiger partial charge in [0.25, 0.3) is 0 Å². The molecule has 0 unspecified atom stereocenters. The molecule has 0 fully saturated rings. The zero-order valence-electron chi connectivity index (χ0n) is 16.2. The number of rotatable bonds is 8. The van der Waals surface area contributed by atoms with Crippen molar-refractivity contribution in [3.05, 3.63) is 65.2 Å². The Labute approximate surface area is 187 Å². The van der Waals surface area contributed by atoms with Crippen LogP contribution in [0.3, 0.4) is 0 Å². The van der Waals surface area contributed by atoms with E-state index in [1.807, 2.05) is 6.07 Å². The summed E-state index contributed by atoms with van der Waals surface area (Å²) in [6, 6.07) is 10.5. The first-order valence-electron chi connectivity index (χ1n) is 8.74. The van der Waals surface area contributed by atoms with Gasteiger partial charge in [0.2, 0.25) is 10.0 Å². The smallest absolute Gasteiger partial charge is 0.234 e. The standard InChI is InChI=1S/C19H24F2N4O2S.HI/c1-14-6-7-17(13-18(14)21)25-28(26,27)11-10-24-19(22-2)23-9-8-15-4-3-5-16(20)12-15;/h3-7,12-13,25H,8-11H2,1-2H3,(H2,22,23,24);1H. The minimum Gasteiger partial charge on any atom is -0.356 e. The minimum absolute atomic E-state index is 0. The van der Waals surface area contributed by atoms with Gasteiger partial charge in [-0.2, -0.15) is 0 Å². The van der Waals surface area contributed by atoms with Gasteiger partial charge in [0.1, 0.15) is 11.6 Å². The summed E-state index contributed by atoms with van der Waals surface area (Å²) in [5, 5.41) is 5.94. The maximum atomic E-state index is 13.5. The monoisotopic (exact) mass is 538 g/mol. The average Bonchev–Trinajstić information content (AvgIpc) is 2.63. The van der Waals surface area contributed by atoms with Crippen molar-refractivity contribution in [3.8, 4) is 0 Å². The summed E-state index contributed by atoms with van der Waals surface area (Å²) in [4.78, 5) is 4.02. The van der Waals surface area contributed by atoms with Crippen molar-refractivity contribution in [1.29, 1.82) is 0 Å². The van der Waals surface area contributed by atoms with E-state index in [-0.39, 0.29) is 47.8 Å². The molecule has 6 nitrogen and oxygen atoms in total. The van der Waals surface area contributed by atoms with Crippen LogP contribution in [-0.2, 0) is 16.4 Å². The molecule has 0 amide bonds. The summed E-state index contributed by atoms with van der Waals surface area (Å²) in [6.07, 6.45) is 0.595. The second kappa shape index (κ2) is 11.9. The Bertz CT molecular complexity index is 940. The first kappa shape index (κ1) is 25.1. The van der Waals surface area contributed by atoms with Gasteiger partial charge in [0.15, 0.2) is 5.96 Å². The fourth-order valence-corrected chi connectivity index (χ4v) is 3.39. The van der Waals surface area contributed by atoms with E-state index in [1.165, 1.54) is 24.3 Å². The molecule has 3 N–H and O–H groups in total. The summed E-state index contributed by atoms with van der Waals surface area (Å²) < 4.78 is 53.3. The second-order valence-corrected chi connectivity index (χ2v) is 8.03. The van der Waals surface area contributed by atoms with Crippen LogP contribution in [0.15, 0.2) is 47.5 Å². The molecular weight excluding hydrogens is 513 g/mol. The molecule has 10 heteroatoms. The van der Waals surface area contributed by atoms with Crippen LogP contribution in [0.5, 0.6) is 0 Å². The first-order valence-corrected chi connectivity index (χ1v) is 10.4. The molecule has 0 aliphatic heterocycles. The number of guanidine groups is 1. The summed E-state index contributed by atoms with van der Waals surface area (Å²) in [7, 11) is -2.07. The van der Waals surface area contributed by atoms with Gasteiger partial charge in [-0.3, -0.25) is 9.71 Å². The van der Waals surface area contributed by atoms with Gasteiger partial charge in [-0.05, 0) is 48.7 Å². The highest BCUT2D eigenvalue weighted by atomic mass is 127. The lowest BCUT2D eigenvalue weighted by Crippen LogP contribution is -2.40. The molecule has 29 heavy (non-hydrogen) atoms. The lowest BCUT2D eigenvalue weighted by molar-refractivity contribution is 0.599. The van der Waals surface area contributed by atoms with Crippen LogP contribution in [0, 0.1) is 18.6 Å². The number of aryl methyl sites for hydroxylation is 1. The highest BCUT2D eigenvalue weighted by Crippen LogP contribution is 2.14. The van der Waals surface area contributed by atoms with E-state index in [2.05, 4.69) is 20.3 Å². The van der Waals surface area contributed by atoms with Gasteiger partial charge in [0, 0.05) is 20.1 Å². The molecule has 0 atom stereocenters. The predicted octanol–water partition coefficient (Wildman–Crippen LogP) is 3.04. The van der Waals surface area contributed by atoms with E-state index >= 15 is 0 Å². The van der Waals surface area contributed by atoms with Crippen LogP contribution in [0.2, 0.25) is 0 Å². The predicted molar refractivity (Wildman–Crippen MR) is 123 cm³/mol. The van der Waals surface area contributed by atoms with Crippen LogP contribution in [0.1, 0.15) is 11.1 Å². The summed E-state index contributed by atoms with van der Waals surface area (Å²) in [5.41, 5.74) is 1.47. The molecule has 0 spiro atoms. The molecule has 0 bridgehead atoms. The van der Waals surface area contributed by atoms with Crippen molar-refractivity contribution in [3.63, 3.8) is 0 Å². The number of benzene rings is 2. The van der Waals surface area contributed by atoms with Crippen molar-refractivity contribution in [1.82, 2.24) is 10.6 Å². The van der Waals surface area contributed by atoms with Gasteiger partial charge >= 0.3 is 0 Å². The van der Waals surface area contributed by atoms with E-state index in [0.29, 0.717) is 24.5 Å². The third kappa shape index (κ3) is 8.94. The largest absolute Gasteiger partial charge is 0.356 e. The van der Waals surface area contributed by atoms with Crippen LogP contribution in [0.4, 0.5) is 14.5 Å². The fraction of sp³-hybridized carbons (Fsp3) is 0.316. The minimum atomic E-state index is -3.64. The molecule has 0 radical (unpaired) electrons. The van der Waals surface area contributed by atoms with Gasteiger partial charge < -0.3 is 10.6 Å². The molecule has 2 aromatic carbocycles. The Hall–Kier alpha value is -1.95. The van der Waals surface area contributed by atoms with Crippen molar-refractivity contribution in [2.24, 2.45) is 4.99 Å². The first-order chi connectivity index (χ1) is 13.3. The molecular formula is C19H25F2IN4O2S. The van der Waals surface area contributed by atoms with E-state index in [1.54, 1.807) is 20.0 Å². The molecule has 160 valence electrons. The normalized spacial score (nSPS) is 11.5. The average molecular weight is 538 g/mol. The zero-order chi connectivity index (χ0) is 20.6. The van der Waals surface area contributed by atoms with Gasteiger partial charge in [0.05, 0.1) is 11.4 Å². The molecule has 2 aromatic rings. The second-order valence-electron chi connectivity index (χ2n) is 6.19. The number of halogens is 3. The summed E-state index contributed by atoms with van der Waals surface area (Å²) in [6.45, 7) is 2.23. The van der Waals surface area contributed by atoms with Gasteiger partial charge in [-0.25, -0.2) is 17.2 Å². The fourth-order valence-electron chi connectivity index (χ4n) is 2.43. The van der Waals surface area contributed by atoms with Crippen LogP contribution in [-0.4, -0.2) is 40.3 Å². The highest BCUT2D eigenvalue weighted by Gasteiger charge is 2.12. The van der Waals surface area contributed by atoms with E-state index in [0.717, 1.165) is 11.6 Å². The third-order valence-corrected chi connectivity index (χ3v) is 5.22. The number of sulfonamides is 1. The lowest BCUT2D eigenvalue weighted by Gasteiger charge is -2.13. The Morgan fingerprint density at radius 1 is 1.07 bits per heavy atom. The van der Waals surface area contributed by atoms with Crippen molar-refractivity contribution >= 4 is 45.6 Å². The zero-order valence-corrected chi connectivity index (χ0v) is 19.4. The van der Waals surface area contributed by atoms with Crippen LogP contribution in [0.25, 0.3) is 0 Å². The summed E-state index contributed by atoms with van der Waals surface area (Å²) in [5.74, 6) is -0.534. The number of aliphatic imine (C=N–C) groups is 1. The lowest BCUT2D eigenvalue weighted by atomic mass is 10.1. The topological polar surface area (TPSA) is 82.6 Å². The number of hydrogen-bond acceptors (Lipinski definition) is 3. The maximum absolute atomic E-state index is 13.5. The molecule has 2 rings (SSSR count). The number of nitrogens with one attached hydrogen (secondary N) is 3. The Kier molecular flexibility index (Phi) is 10.3. The van der Waals surface area contributed by atoms with E-state index in [9.17, 15) is 17.2 Å². The van der Waals surface area contributed by atoms with Crippen LogP contribution < -0.4 is 15.4 Å². The highest BCUT2D eigenvalue weighted by molar-refractivity contribution is 14.0. The van der Waals surface area contributed by atoms with Crippen molar-refractivity contribution in [2.75, 3.05) is 30.6 Å². The molecule has 0 aromatic heterocycles. The number of anilines is 1. The molecule has 0 aliphatic rings. The maximum Gasteiger partial charge on any atom is 0.234 e. The van der Waals surface area contributed by atoms with Gasteiger partial charge in [-0.1, -0.05) is 18.2 Å². The Morgan fingerprint density at radius 3 is 2.45 bits per heavy atom. The SMILES string of the molecule is CN=C(NCCc1cccc(F)c1)NCCS(=O)(=O)Nc1ccc(C)c(F)c1.I. The molecule has 0 saturated heterocycles. The van der Waals surface area contributed by atoms with Crippen LogP contribution >= 0.6 is 24.0 Å². The quantitative estimate of drug-likeness (QED) is 0.274. The van der Waals surface area contributed by atoms with Crippen molar-refractivity contribution < 1.29 is 17.2 Å². The van der Waals surface area contributed by atoms with Crippen molar-refractivity contribution in [2.45, 2.75) is 13.3 Å². The molecule has 0 heterocycles.